The number of benzene rings is 2. The molecule has 0 radical (unpaired) electrons. The average Bonchev–Trinajstić information content (AvgIpc) is 3.14. The van der Waals surface area contributed by atoms with E-state index in [1.165, 1.54) is 12.1 Å². The summed E-state index contributed by atoms with van der Waals surface area (Å²) in [6.07, 6.45) is 4.54. The lowest BCUT2D eigenvalue weighted by atomic mass is 9.84. The van der Waals surface area contributed by atoms with Crippen LogP contribution in [0.5, 0.6) is 11.5 Å². The van der Waals surface area contributed by atoms with Crippen LogP contribution in [0.2, 0.25) is 0 Å². The fraction of sp³-hybridized carbons (Fsp3) is 0.391. The minimum Gasteiger partial charge on any atom is -0.457 e. The summed E-state index contributed by atoms with van der Waals surface area (Å²) in [5.41, 5.74) is -0.174. The molecule has 0 saturated carbocycles. The van der Waals surface area contributed by atoms with Gasteiger partial charge in [0.05, 0.1) is 11.6 Å². The van der Waals surface area contributed by atoms with Gasteiger partial charge in [0.15, 0.2) is 0 Å². The number of ether oxygens (including phenoxy) is 1. The number of rotatable bonds is 5. The monoisotopic (exact) mass is 411 g/mol. The van der Waals surface area contributed by atoms with Crippen LogP contribution in [0.4, 0.5) is 4.39 Å². The lowest BCUT2D eigenvalue weighted by Crippen LogP contribution is -2.49. The van der Waals surface area contributed by atoms with E-state index in [2.05, 4.69) is 5.10 Å². The lowest BCUT2D eigenvalue weighted by Gasteiger charge is -2.40. The van der Waals surface area contributed by atoms with E-state index >= 15 is 0 Å². The third-order valence-corrected chi connectivity index (χ3v) is 5.92. The number of aliphatic hydroxyl groups is 1. The number of amides is 1. The molecule has 0 spiro atoms. The van der Waals surface area contributed by atoms with Gasteiger partial charge in [-0.15, -0.1) is 0 Å². The highest BCUT2D eigenvalue weighted by molar-refractivity contribution is 5.94. The molecule has 2 aromatic carbocycles. The number of likely N-dealkylation sites (tertiary alicyclic amines) is 1. The Balaban J connectivity index is 1.32. The zero-order valence-corrected chi connectivity index (χ0v) is 17.0. The van der Waals surface area contributed by atoms with E-state index in [0.717, 1.165) is 6.42 Å². The number of hydrogen-bond acceptors (Lipinski definition) is 5. The van der Waals surface area contributed by atoms with Crippen molar-refractivity contribution in [2.45, 2.75) is 37.3 Å². The average molecular weight is 411 g/mol. The van der Waals surface area contributed by atoms with Gasteiger partial charge in [0.2, 0.25) is 0 Å². The second kappa shape index (κ2) is 8.44. The van der Waals surface area contributed by atoms with Gasteiger partial charge < -0.3 is 14.7 Å². The van der Waals surface area contributed by atoms with Gasteiger partial charge >= 0.3 is 0 Å². The number of nitrogens with zero attached hydrogens (tertiary/aromatic N) is 3. The molecule has 4 rings (SSSR count). The summed E-state index contributed by atoms with van der Waals surface area (Å²) in [5.74, 6) is 0.741. The van der Waals surface area contributed by atoms with Crippen LogP contribution in [0, 0.1) is 5.82 Å². The Morgan fingerprint density at radius 2 is 1.73 bits per heavy atom. The first-order valence-electron chi connectivity index (χ1n) is 10.2. The molecule has 0 aromatic heterocycles. The molecular formula is C23H26FN3O3. The minimum absolute atomic E-state index is 0.0494. The first-order chi connectivity index (χ1) is 14.4. The zero-order valence-electron chi connectivity index (χ0n) is 17.0. The van der Waals surface area contributed by atoms with Gasteiger partial charge in [-0.25, -0.2) is 4.39 Å². The largest absolute Gasteiger partial charge is 0.457 e. The Morgan fingerprint density at radius 1 is 1.13 bits per heavy atom. The first kappa shape index (κ1) is 20.3. The van der Waals surface area contributed by atoms with Crippen molar-refractivity contribution in [3.8, 4) is 11.5 Å². The molecule has 1 amide bonds. The quantitative estimate of drug-likeness (QED) is 0.816. The molecule has 0 aliphatic carbocycles. The molecule has 1 fully saturated rings. The van der Waals surface area contributed by atoms with E-state index in [1.807, 2.05) is 18.3 Å². The highest BCUT2D eigenvalue weighted by atomic mass is 19.1. The molecule has 6 nitrogen and oxygen atoms in total. The highest BCUT2D eigenvalue weighted by Gasteiger charge is 2.37. The summed E-state index contributed by atoms with van der Waals surface area (Å²) in [6, 6.07) is 12.9. The first-order valence-corrected chi connectivity index (χ1v) is 10.2. The van der Waals surface area contributed by atoms with Gasteiger partial charge in [-0.05, 0) is 67.8 Å². The van der Waals surface area contributed by atoms with E-state index in [1.54, 1.807) is 41.3 Å². The maximum atomic E-state index is 13.0. The van der Waals surface area contributed by atoms with Gasteiger partial charge in [0.1, 0.15) is 17.3 Å². The van der Waals surface area contributed by atoms with Crippen LogP contribution in [-0.2, 0) is 0 Å². The third-order valence-electron chi connectivity index (χ3n) is 5.92. The van der Waals surface area contributed by atoms with Crippen molar-refractivity contribution < 1.29 is 19.0 Å². The van der Waals surface area contributed by atoms with E-state index in [-0.39, 0.29) is 17.8 Å². The fourth-order valence-corrected chi connectivity index (χ4v) is 4.02. The number of hydrazone groups is 1. The van der Waals surface area contributed by atoms with Crippen LogP contribution in [0.1, 0.15) is 36.0 Å². The SMILES string of the molecule is CN1N=CCC1CC1(O)CCN(C(=O)c2ccc(Oc3ccc(F)cc3)cc2)CC1. The van der Waals surface area contributed by atoms with Gasteiger partial charge in [0.25, 0.3) is 5.91 Å². The lowest BCUT2D eigenvalue weighted by molar-refractivity contribution is -0.0368. The van der Waals surface area contributed by atoms with E-state index in [9.17, 15) is 14.3 Å². The maximum absolute atomic E-state index is 13.0. The molecule has 1 unspecified atom stereocenters. The van der Waals surface area contributed by atoms with Gasteiger partial charge in [0, 0.05) is 38.3 Å². The molecule has 30 heavy (non-hydrogen) atoms. The number of piperidine rings is 1. The second-order valence-corrected chi connectivity index (χ2v) is 8.06. The standard InChI is InChI=1S/C23H26FN3O3/c1-26-19(10-13-25-26)16-23(29)11-14-27(15-12-23)22(28)17-2-6-20(7-3-17)30-21-8-4-18(24)5-9-21/h2-9,13,19,29H,10-12,14-16H2,1H3. The van der Waals surface area contributed by atoms with Crippen molar-refractivity contribution in [2.75, 3.05) is 20.1 Å². The predicted molar refractivity (Wildman–Crippen MR) is 112 cm³/mol. The van der Waals surface area contributed by atoms with E-state index in [0.29, 0.717) is 49.4 Å². The molecule has 158 valence electrons. The van der Waals surface area contributed by atoms with Gasteiger partial charge in [-0.1, -0.05) is 0 Å². The number of hydrogen-bond donors (Lipinski definition) is 1. The van der Waals surface area contributed by atoms with Crippen LogP contribution < -0.4 is 4.74 Å². The van der Waals surface area contributed by atoms with E-state index < -0.39 is 5.60 Å². The summed E-state index contributed by atoms with van der Waals surface area (Å²) in [6.45, 7) is 1.06. The van der Waals surface area contributed by atoms with Crippen molar-refractivity contribution in [3.05, 3.63) is 59.9 Å². The molecule has 2 aliphatic rings. The molecule has 1 atom stereocenters. The second-order valence-electron chi connectivity index (χ2n) is 8.06. The summed E-state index contributed by atoms with van der Waals surface area (Å²) in [7, 11) is 1.93. The number of halogens is 1. The number of carbonyl (C=O) groups is 1. The van der Waals surface area contributed by atoms with Crippen molar-refractivity contribution >= 4 is 12.1 Å². The van der Waals surface area contributed by atoms with Crippen LogP contribution in [0.15, 0.2) is 53.6 Å². The van der Waals surface area contributed by atoms with Crippen molar-refractivity contribution in [1.82, 2.24) is 9.91 Å². The molecule has 1 saturated heterocycles. The van der Waals surface area contributed by atoms with E-state index in [4.69, 9.17) is 4.74 Å². The van der Waals surface area contributed by atoms with Crippen molar-refractivity contribution in [2.24, 2.45) is 5.10 Å². The number of carbonyl (C=O) groups excluding carboxylic acids is 1. The van der Waals surface area contributed by atoms with Crippen LogP contribution >= 0.6 is 0 Å². The Hall–Kier alpha value is -2.93. The van der Waals surface area contributed by atoms with Crippen LogP contribution in [0.25, 0.3) is 0 Å². The molecule has 2 heterocycles. The molecular weight excluding hydrogens is 385 g/mol. The normalized spacial score (nSPS) is 20.4. The topological polar surface area (TPSA) is 65.4 Å². The molecule has 0 bridgehead atoms. The predicted octanol–water partition coefficient (Wildman–Crippen LogP) is 3.67. The molecule has 7 heteroatoms. The summed E-state index contributed by atoms with van der Waals surface area (Å²) >= 11 is 0. The minimum atomic E-state index is -0.754. The van der Waals surface area contributed by atoms with Gasteiger partial charge in [-0.2, -0.15) is 5.10 Å². The Kier molecular flexibility index (Phi) is 5.72. The van der Waals surface area contributed by atoms with Crippen LogP contribution in [0.3, 0.4) is 0 Å². The zero-order chi connectivity index (χ0) is 21.1. The summed E-state index contributed by atoms with van der Waals surface area (Å²) in [4.78, 5) is 14.6. The van der Waals surface area contributed by atoms with Crippen molar-refractivity contribution in [1.29, 1.82) is 0 Å². The molecule has 2 aliphatic heterocycles. The Morgan fingerprint density at radius 3 is 2.30 bits per heavy atom. The Bertz CT molecular complexity index is 906. The third kappa shape index (κ3) is 4.62. The summed E-state index contributed by atoms with van der Waals surface area (Å²) < 4.78 is 18.7. The fourth-order valence-electron chi connectivity index (χ4n) is 4.02. The summed E-state index contributed by atoms with van der Waals surface area (Å²) in [5, 5.41) is 17.1. The van der Waals surface area contributed by atoms with Crippen LogP contribution in [-0.4, -0.2) is 58.9 Å². The highest BCUT2D eigenvalue weighted by Crippen LogP contribution is 2.31. The molecule has 2 aromatic rings. The maximum Gasteiger partial charge on any atom is 0.253 e. The van der Waals surface area contributed by atoms with Gasteiger partial charge in [-0.3, -0.25) is 9.80 Å². The molecule has 1 N–H and O–H groups in total. The smallest absolute Gasteiger partial charge is 0.253 e. The Labute approximate surface area is 175 Å². The van der Waals surface area contributed by atoms with Crippen molar-refractivity contribution in [3.63, 3.8) is 0 Å².